The molecule has 0 unspecified atom stereocenters. The largest absolute Gasteiger partial charge is 0.487 e. The molecule has 0 amide bonds. The van der Waals surface area contributed by atoms with Crippen LogP contribution in [0.3, 0.4) is 0 Å². The van der Waals surface area contributed by atoms with Crippen molar-refractivity contribution in [3.8, 4) is 5.75 Å². The zero-order chi connectivity index (χ0) is 14.8. The Hall–Kier alpha value is -1.59. The van der Waals surface area contributed by atoms with Gasteiger partial charge in [-0.25, -0.2) is 8.42 Å². The Balaban J connectivity index is 2.52. The molecule has 0 aliphatic heterocycles. The Labute approximate surface area is 122 Å². The van der Waals surface area contributed by atoms with E-state index in [1.54, 1.807) is 24.4 Å². The van der Waals surface area contributed by atoms with Gasteiger partial charge in [0, 0.05) is 22.3 Å². The number of pyridine rings is 1. The van der Waals surface area contributed by atoms with Gasteiger partial charge >= 0.3 is 0 Å². The number of aromatic nitrogens is 1. The molecule has 4 nitrogen and oxygen atoms in total. The highest BCUT2D eigenvalue weighted by Crippen LogP contribution is 2.31. The highest BCUT2D eigenvalue weighted by atomic mass is 35.7. The van der Waals surface area contributed by atoms with Gasteiger partial charge in [-0.15, -0.1) is 0 Å². The maximum atomic E-state index is 11.5. The van der Waals surface area contributed by atoms with Crippen LogP contribution in [0, 0.1) is 0 Å². The van der Waals surface area contributed by atoms with E-state index < -0.39 is 9.05 Å². The van der Waals surface area contributed by atoms with Gasteiger partial charge in [-0.2, -0.15) is 0 Å². The third kappa shape index (κ3) is 3.29. The number of rotatable bonds is 4. The van der Waals surface area contributed by atoms with Gasteiger partial charge in [-0.3, -0.25) is 4.98 Å². The second-order valence-corrected chi connectivity index (χ2v) is 7.03. The number of benzene rings is 1. The van der Waals surface area contributed by atoms with Gasteiger partial charge in [0.1, 0.15) is 17.9 Å². The number of fused-ring (bicyclic) bond motifs is 1. The summed E-state index contributed by atoms with van der Waals surface area (Å²) in [6, 6.07) is 6.33. The fourth-order valence-electron chi connectivity index (χ4n) is 1.75. The van der Waals surface area contributed by atoms with Gasteiger partial charge in [-0.05, 0) is 44.2 Å². The lowest BCUT2D eigenvalue weighted by molar-refractivity contribution is 0.365. The summed E-state index contributed by atoms with van der Waals surface area (Å²) in [7, 11) is 1.61. The van der Waals surface area contributed by atoms with Crippen LogP contribution >= 0.6 is 10.7 Å². The molecule has 0 atom stereocenters. The summed E-state index contributed by atoms with van der Waals surface area (Å²) in [6.45, 7) is 4.35. The molecule has 1 aromatic heterocycles. The number of nitrogens with zero attached hydrogens (tertiary/aromatic N) is 1. The predicted octanol–water partition coefficient (Wildman–Crippen LogP) is 3.51. The van der Waals surface area contributed by atoms with Gasteiger partial charge in [0.05, 0.1) is 4.90 Å². The van der Waals surface area contributed by atoms with E-state index in [0.29, 0.717) is 23.3 Å². The number of hydrogen-bond acceptors (Lipinski definition) is 4. The fourth-order valence-corrected chi connectivity index (χ4v) is 2.81. The zero-order valence-electron chi connectivity index (χ0n) is 11.1. The van der Waals surface area contributed by atoms with E-state index in [-0.39, 0.29) is 4.90 Å². The lowest BCUT2D eigenvalue weighted by Gasteiger charge is -2.09. The van der Waals surface area contributed by atoms with Crippen LogP contribution in [-0.4, -0.2) is 20.0 Å². The zero-order valence-corrected chi connectivity index (χ0v) is 12.7. The van der Waals surface area contributed by atoms with Crippen molar-refractivity contribution in [2.45, 2.75) is 18.7 Å². The molecule has 20 heavy (non-hydrogen) atoms. The summed E-state index contributed by atoms with van der Waals surface area (Å²) in [5.41, 5.74) is 1.62. The number of halogens is 1. The molecular weight excluding hydrogens is 298 g/mol. The minimum atomic E-state index is -3.82. The van der Waals surface area contributed by atoms with E-state index in [0.717, 1.165) is 5.57 Å². The smallest absolute Gasteiger partial charge is 0.261 e. The number of allylic oxidation sites excluding steroid dienone is 1. The Kier molecular flexibility index (Phi) is 4.30. The number of hydrogen-bond donors (Lipinski definition) is 0. The average molecular weight is 312 g/mol. The predicted molar refractivity (Wildman–Crippen MR) is 79.7 cm³/mol. The summed E-state index contributed by atoms with van der Waals surface area (Å²) < 4.78 is 28.7. The quantitative estimate of drug-likeness (QED) is 0.640. The first kappa shape index (κ1) is 14.8. The molecule has 0 spiro atoms. The lowest BCUT2D eigenvalue weighted by Crippen LogP contribution is -1.99. The normalized spacial score (nSPS) is 11.3. The summed E-state index contributed by atoms with van der Waals surface area (Å²) in [6.07, 6.45) is 3.52. The van der Waals surface area contributed by atoms with Gasteiger partial charge < -0.3 is 4.74 Å². The average Bonchev–Trinajstić information content (AvgIpc) is 2.37. The summed E-state index contributed by atoms with van der Waals surface area (Å²) >= 11 is 0. The third-order valence-electron chi connectivity index (χ3n) is 2.69. The molecule has 0 radical (unpaired) electrons. The molecule has 0 aliphatic rings. The van der Waals surface area contributed by atoms with Crippen molar-refractivity contribution >= 4 is 30.6 Å². The van der Waals surface area contributed by atoms with Crippen molar-refractivity contribution in [1.29, 1.82) is 0 Å². The highest BCUT2D eigenvalue weighted by Gasteiger charge is 2.16. The maximum Gasteiger partial charge on any atom is 0.261 e. The molecule has 0 saturated carbocycles. The van der Waals surface area contributed by atoms with Gasteiger partial charge in [0.15, 0.2) is 0 Å². The van der Waals surface area contributed by atoms with E-state index in [2.05, 4.69) is 4.98 Å². The molecule has 0 saturated heterocycles. The van der Waals surface area contributed by atoms with E-state index in [1.165, 1.54) is 6.07 Å². The minimum absolute atomic E-state index is 0.0387. The van der Waals surface area contributed by atoms with Crippen molar-refractivity contribution in [2.24, 2.45) is 0 Å². The van der Waals surface area contributed by atoms with Gasteiger partial charge in [-0.1, -0.05) is 5.57 Å². The first-order chi connectivity index (χ1) is 9.39. The molecular formula is C14H14ClNO3S. The molecule has 0 aliphatic carbocycles. The second-order valence-electron chi connectivity index (χ2n) is 4.49. The molecule has 0 bridgehead atoms. The highest BCUT2D eigenvalue weighted by molar-refractivity contribution is 8.14. The molecule has 1 heterocycles. The van der Waals surface area contributed by atoms with Crippen LogP contribution in [0.5, 0.6) is 5.75 Å². The van der Waals surface area contributed by atoms with Crippen LogP contribution < -0.4 is 4.74 Å². The molecule has 0 N–H and O–H groups in total. The summed E-state index contributed by atoms with van der Waals surface area (Å²) in [5.74, 6) is 0.530. The van der Waals surface area contributed by atoms with Crippen LogP contribution in [0.4, 0.5) is 0 Å². The Morgan fingerprint density at radius 2 is 2.10 bits per heavy atom. The van der Waals surface area contributed by atoms with Crippen molar-refractivity contribution in [1.82, 2.24) is 4.98 Å². The standard InChI is InChI=1S/C14H14ClNO3S/c1-10(2)7-9-19-12-5-6-13(20(15,17)18)11-4-3-8-16-14(11)12/h3-8H,9H2,1-2H3. The first-order valence-corrected chi connectivity index (χ1v) is 8.29. The van der Waals surface area contributed by atoms with Crippen LogP contribution in [0.1, 0.15) is 13.8 Å². The van der Waals surface area contributed by atoms with E-state index in [4.69, 9.17) is 15.4 Å². The van der Waals surface area contributed by atoms with Crippen molar-refractivity contribution in [3.05, 3.63) is 42.1 Å². The van der Waals surface area contributed by atoms with Crippen molar-refractivity contribution in [2.75, 3.05) is 6.61 Å². The molecule has 106 valence electrons. The molecule has 1 aromatic carbocycles. The van der Waals surface area contributed by atoms with Gasteiger partial charge in [0.2, 0.25) is 0 Å². The van der Waals surface area contributed by atoms with Gasteiger partial charge in [0.25, 0.3) is 9.05 Å². The molecule has 2 aromatic rings. The van der Waals surface area contributed by atoms with Crippen LogP contribution in [0.25, 0.3) is 10.9 Å². The molecule has 0 fully saturated rings. The Morgan fingerprint density at radius 1 is 1.35 bits per heavy atom. The number of ether oxygens (including phenoxy) is 1. The fraction of sp³-hybridized carbons (Fsp3) is 0.214. The van der Waals surface area contributed by atoms with Crippen LogP contribution in [0.15, 0.2) is 47.0 Å². The van der Waals surface area contributed by atoms with Crippen LogP contribution in [0.2, 0.25) is 0 Å². The molecule has 6 heteroatoms. The minimum Gasteiger partial charge on any atom is -0.487 e. The van der Waals surface area contributed by atoms with E-state index >= 15 is 0 Å². The maximum absolute atomic E-state index is 11.5. The first-order valence-electron chi connectivity index (χ1n) is 5.98. The van der Waals surface area contributed by atoms with E-state index in [9.17, 15) is 8.42 Å². The SMILES string of the molecule is CC(C)=CCOc1ccc(S(=O)(=O)Cl)c2cccnc12. The summed E-state index contributed by atoms with van der Waals surface area (Å²) in [4.78, 5) is 4.22. The lowest BCUT2D eigenvalue weighted by atomic mass is 10.2. The van der Waals surface area contributed by atoms with Crippen molar-refractivity contribution < 1.29 is 13.2 Å². The van der Waals surface area contributed by atoms with Crippen molar-refractivity contribution in [3.63, 3.8) is 0 Å². The van der Waals surface area contributed by atoms with E-state index in [1.807, 2.05) is 19.9 Å². The summed E-state index contributed by atoms with van der Waals surface area (Å²) in [5, 5.41) is 0.456. The Morgan fingerprint density at radius 3 is 2.75 bits per heavy atom. The topological polar surface area (TPSA) is 56.3 Å². The third-order valence-corrected chi connectivity index (χ3v) is 4.07. The van der Waals surface area contributed by atoms with Crippen LogP contribution in [-0.2, 0) is 9.05 Å². The monoisotopic (exact) mass is 311 g/mol. The second kappa shape index (κ2) is 5.81. The Bertz CT molecular complexity index is 765. The molecule has 2 rings (SSSR count).